The molecular weight excluding hydrogens is 304 g/mol. The van der Waals surface area contributed by atoms with E-state index in [1.54, 1.807) is 0 Å². The fraction of sp³-hybridized carbons (Fsp3) is 0.632. The first-order chi connectivity index (χ1) is 11.8. The zero-order chi connectivity index (χ0) is 16.8. The first-order valence-electron chi connectivity index (χ1n) is 9.07. The van der Waals surface area contributed by atoms with Gasteiger partial charge in [-0.3, -0.25) is 4.90 Å². The summed E-state index contributed by atoms with van der Waals surface area (Å²) in [6.07, 6.45) is 4.47. The van der Waals surface area contributed by atoms with Crippen LogP contribution in [0.4, 0.5) is 4.79 Å². The molecular formula is C19H28N2O3. The Labute approximate surface area is 144 Å². The molecule has 3 rings (SSSR count). The number of carbonyl (C=O) groups excluding carboxylic acids is 1. The van der Waals surface area contributed by atoms with Crippen molar-refractivity contribution in [3.05, 3.63) is 35.9 Å². The van der Waals surface area contributed by atoms with Gasteiger partial charge in [0.15, 0.2) is 0 Å². The molecule has 0 bridgehead atoms. The van der Waals surface area contributed by atoms with Crippen LogP contribution in [0.25, 0.3) is 0 Å². The third-order valence-electron chi connectivity index (χ3n) is 4.93. The molecule has 0 unspecified atom stereocenters. The highest BCUT2D eigenvalue weighted by Crippen LogP contribution is 2.29. The molecule has 0 spiro atoms. The smallest absolute Gasteiger partial charge is 0.410 e. The lowest BCUT2D eigenvalue weighted by molar-refractivity contribution is 0.0694. The van der Waals surface area contributed by atoms with Gasteiger partial charge in [-0.05, 0) is 37.2 Å². The maximum atomic E-state index is 12.3. The van der Waals surface area contributed by atoms with E-state index in [1.165, 1.54) is 12.8 Å². The summed E-state index contributed by atoms with van der Waals surface area (Å²) in [5, 5.41) is 9.24. The number of carbonyl (C=O) groups is 1. The highest BCUT2D eigenvalue weighted by atomic mass is 16.6. The van der Waals surface area contributed by atoms with Crippen molar-refractivity contribution in [1.29, 1.82) is 0 Å². The molecule has 2 aliphatic rings. The number of likely N-dealkylation sites (tertiary alicyclic amines) is 1. The van der Waals surface area contributed by atoms with Gasteiger partial charge in [-0.2, -0.15) is 0 Å². The summed E-state index contributed by atoms with van der Waals surface area (Å²) in [6.45, 7) is 3.83. The van der Waals surface area contributed by atoms with E-state index in [1.807, 2.05) is 35.2 Å². The Bertz CT molecular complexity index is 519. The second kappa shape index (κ2) is 8.49. The average Bonchev–Trinajstić information content (AvgIpc) is 3.45. The molecule has 5 nitrogen and oxygen atoms in total. The quantitative estimate of drug-likeness (QED) is 0.833. The summed E-state index contributed by atoms with van der Waals surface area (Å²) in [6, 6.07) is 10.4. The lowest BCUT2D eigenvalue weighted by Gasteiger charge is -2.35. The van der Waals surface area contributed by atoms with Crippen LogP contribution in [0.2, 0.25) is 0 Å². The number of amides is 1. The minimum absolute atomic E-state index is 0.205. The fourth-order valence-electron chi connectivity index (χ4n) is 3.51. The number of hydrogen-bond acceptors (Lipinski definition) is 4. The van der Waals surface area contributed by atoms with Gasteiger partial charge in [0.2, 0.25) is 0 Å². The number of rotatable bonds is 7. The molecule has 2 fully saturated rings. The lowest BCUT2D eigenvalue weighted by atomic mass is 9.97. The minimum Gasteiger partial charge on any atom is -0.445 e. The summed E-state index contributed by atoms with van der Waals surface area (Å²) in [4.78, 5) is 16.6. The largest absolute Gasteiger partial charge is 0.445 e. The van der Waals surface area contributed by atoms with Gasteiger partial charge in [0.1, 0.15) is 6.61 Å². The van der Waals surface area contributed by atoms with Gasteiger partial charge in [0.25, 0.3) is 0 Å². The molecule has 1 aliphatic carbocycles. The Morgan fingerprint density at radius 1 is 1.25 bits per heavy atom. The molecule has 0 radical (unpaired) electrons. The van der Waals surface area contributed by atoms with E-state index in [4.69, 9.17) is 4.74 Å². The lowest BCUT2D eigenvalue weighted by Crippen LogP contribution is -2.44. The average molecular weight is 332 g/mol. The van der Waals surface area contributed by atoms with E-state index >= 15 is 0 Å². The molecule has 0 aromatic heterocycles. The number of aliphatic hydroxyl groups is 1. The number of ether oxygens (including phenoxy) is 1. The van der Waals surface area contributed by atoms with Crippen molar-refractivity contribution in [2.75, 3.05) is 32.8 Å². The van der Waals surface area contributed by atoms with E-state index in [9.17, 15) is 9.90 Å². The third-order valence-corrected chi connectivity index (χ3v) is 4.93. The van der Waals surface area contributed by atoms with Crippen molar-refractivity contribution in [3.63, 3.8) is 0 Å². The number of piperidine rings is 1. The van der Waals surface area contributed by atoms with Crippen molar-refractivity contribution >= 4 is 6.09 Å². The summed E-state index contributed by atoms with van der Waals surface area (Å²) in [7, 11) is 0. The Hall–Kier alpha value is -1.59. The van der Waals surface area contributed by atoms with Crippen molar-refractivity contribution in [2.45, 2.75) is 38.3 Å². The topological polar surface area (TPSA) is 53.0 Å². The standard InChI is InChI=1S/C19H28N2O3/c22-12-11-20(18-8-9-18)13-17-7-4-10-21(14-17)19(23)24-15-16-5-2-1-3-6-16/h1-3,5-6,17-18,22H,4,7-15H2/t17-/m0/s1. The number of hydrogen-bond donors (Lipinski definition) is 1. The molecule has 1 saturated carbocycles. The van der Waals surface area contributed by atoms with Crippen LogP contribution < -0.4 is 0 Å². The highest BCUT2D eigenvalue weighted by Gasteiger charge is 2.32. The first-order valence-corrected chi connectivity index (χ1v) is 9.07. The van der Waals surface area contributed by atoms with Crippen LogP contribution in [-0.2, 0) is 11.3 Å². The van der Waals surface area contributed by atoms with E-state index in [0.29, 0.717) is 18.6 Å². The maximum absolute atomic E-state index is 12.3. The van der Waals surface area contributed by atoms with E-state index in [0.717, 1.165) is 44.6 Å². The van der Waals surface area contributed by atoms with Gasteiger partial charge in [0.05, 0.1) is 6.61 Å². The second-order valence-corrected chi connectivity index (χ2v) is 6.94. The summed E-state index contributed by atoms with van der Waals surface area (Å²) in [5.41, 5.74) is 1.02. The fourth-order valence-corrected chi connectivity index (χ4v) is 3.51. The Balaban J connectivity index is 1.46. The molecule has 5 heteroatoms. The van der Waals surface area contributed by atoms with Crippen LogP contribution in [-0.4, -0.2) is 59.8 Å². The Morgan fingerprint density at radius 3 is 2.75 bits per heavy atom. The second-order valence-electron chi connectivity index (χ2n) is 6.94. The number of aliphatic hydroxyl groups excluding tert-OH is 1. The van der Waals surface area contributed by atoms with Gasteiger partial charge < -0.3 is 14.7 Å². The molecule has 1 heterocycles. The SMILES string of the molecule is O=C(OCc1ccccc1)N1CCC[C@@H](CN(CCO)C2CC2)C1. The molecule has 1 aliphatic heterocycles. The van der Waals surface area contributed by atoms with Gasteiger partial charge in [-0.1, -0.05) is 30.3 Å². The summed E-state index contributed by atoms with van der Waals surface area (Å²) < 4.78 is 5.46. The van der Waals surface area contributed by atoms with E-state index in [-0.39, 0.29) is 12.7 Å². The van der Waals surface area contributed by atoms with Gasteiger partial charge >= 0.3 is 6.09 Å². The zero-order valence-electron chi connectivity index (χ0n) is 14.3. The summed E-state index contributed by atoms with van der Waals surface area (Å²) >= 11 is 0. The van der Waals surface area contributed by atoms with Gasteiger partial charge in [-0.25, -0.2) is 4.79 Å². The normalized spacial score (nSPS) is 21.1. The Morgan fingerprint density at radius 2 is 2.04 bits per heavy atom. The van der Waals surface area contributed by atoms with Gasteiger partial charge in [0, 0.05) is 32.2 Å². The molecule has 1 aromatic rings. The van der Waals surface area contributed by atoms with Crippen molar-refractivity contribution in [1.82, 2.24) is 9.80 Å². The van der Waals surface area contributed by atoms with Crippen LogP contribution >= 0.6 is 0 Å². The molecule has 1 aromatic carbocycles. The minimum atomic E-state index is -0.205. The van der Waals surface area contributed by atoms with Crippen LogP contribution in [0, 0.1) is 5.92 Å². The van der Waals surface area contributed by atoms with Gasteiger partial charge in [-0.15, -0.1) is 0 Å². The van der Waals surface area contributed by atoms with Crippen LogP contribution in [0.3, 0.4) is 0 Å². The monoisotopic (exact) mass is 332 g/mol. The van der Waals surface area contributed by atoms with E-state index in [2.05, 4.69) is 4.90 Å². The van der Waals surface area contributed by atoms with Crippen molar-refractivity contribution in [2.24, 2.45) is 5.92 Å². The first kappa shape index (κ1) is 17.2. The molecule has 1 amide bonds. The van der Waals surface area contributed by atoms with Crippen molar-refractivity contribution in [3.8, 4) is 0 Å². The maximum Gasteiger partial charge on any atom is 0.410 e. The number of benzene rings is 1. The third kappa shape index (κ3) is 4.95. The predicted octanol–water partition coefficient (Wildman–Crippen LogP) is 2.49. The predicted molar refractivity (Wildman–Crippen MR) is 92.6 cm³/mol. The summed E-state index contributed by atoms with van der Waals surface area (Å²) in [5.74, 6) is 0.482. The molecule has 1 atom stereocenters. The van der Waals surface area contributed by atoms with Crippen LogP contribution in [0.15, 0.2) is 30.3 Å². The molecule has 132 valence electrons. The van der Waals surface area contributed by atoms with Crippen LogP contribution in [0.5, 0.6) is 0 Å². The molecule has 24 heavy (non-hydrogen) atoms. The zero-order valence-corrected chi connectivity index (χ0v) is 14.3. The highest BCUT2D eigenvalue weighted by molar-refractivity contribution is 5.67. The van der Waals surface area contributed by atoms with E-state index < -0.39 is 0 Å². The molecule has 1 saturated heterocycles. The van der Waals surface area contributed by atoms with Crippen LogP contribution in [0.1, 0.15) is 31.2 Å². The molecule has 1 N–H and O–H groups in total. The Kier molecular flexibility index (Phi) is 6.10. The number of nitrogens with zero attached hydrogens (tertiary/aromatic N) is 2. The van der Waals surface area contributed by atoms with Crippen molar-refractivity contribution < 1.29 is 14.6 Å².